The molecule has 0 saturated heterocycles. The fourth-order valence-electron chi connectivity index (χ4n) is 0.900. The maximum Gasteiger partial charge on any atom is 0.365 e. The number of carboxylic acid groups (broad SMARTS) is 1. The van der Waals surface area contributed by atoms with Crippen molar-refractivity contribution in [3.63, 3.8) is 0 Å². The minimum Gasteiger partial charge on any atom is -0.477 e. The Morgan fingerprint density at radius 1 is 1.62 bits per heavy atom. The molecule has 0 radical (unpaired) electrons. The largest absolute Gasteiger partial charge is 0.477 e. The molecule has 0 spiro atoms. The van der Waals surface area contributed by atoms with E-state index in [1.54, 1.807) is 0 Å². The van der Waals surface area contributed by atoms with Crippen LogP contribution in [0.5, 0.6) is 0 Å². The van der Waals surface area contributed by atoms with Gasteiger partial charge in [0, 0.05) is 0 Å². The van der Waals surface area contributed by atoms with Crippen molar-refractivity contribution < 1.29 is 9.90 Å². The van der Waals surface area contributed by atoms with Gasteiger partial charge >= 0.3 is 11.7 Å². The molecule has 2 rings (SSSR count). The molecule has 2 heterocycles. The lowest BCUT2D eigenvalue weighted by Gasteiger charge is -1.88. The van der Waals surface area contributed by atoms with Crippen LogP contribution >= 0.6 is 0 Å². The monoisotopic (exact) mass is 181 g/mol. The van der Waals surface area contributed by atoms with Crippen molar-refractivity contribution in [3.8, 4) is 0 Å². The van der Waals surface area contributed by atoms with E-state index in [-0.39, 0.29) is 11.2 Å². The standard InChI is InChI=1S/C5H3N5O3/c11-4(12)2-1-6-10-3(2)7-9-8-5(10)13/h1H,(H,11,12)(H,7,8,13). The van der Waals surface area contributed by atoms with E-state index in [1.807, 2.05) is 5.10 Å². The Kier molecular flexibility index (Phi) is 1.35. The first-order chi connectivity index (χ1) is 6.20. The second-order valence-electron chi connectivity index (χ2n) is 2.22. The number of hydrogen-bond donors (Lipinski definition) is 2. The number of nitrogens with one attached hydrogen (secondary N) is 1. The zero-order valence-corrected chi connectivity index (χ0v) is 6.13. The summed E-state index contributed by atoms with van der Waals surface area (Å²) in [6.45, 7) is 0. The van der Waals surface area contributed by atoms with Crippen LogP contribution in [0.1, 0.15) is 10.4 Å². The lowest BCUT2D eigenvalue weighted by Crippen LogP contribution is -2.20. The Labute approximate surface area is 69.8 Å². The van der Waals surface area contributed by atoms with Crippen LogP contribution in [0.25, 0.3) is 5.65 Å². The van der Waals surface area contributed by atoms with Crippen molar-refractivity contribution in [1.82, 2.24) is 25.0 Å². The third-order valence-electron chi connectivity index (χ3n) is 1.46. The number of aromatic nitrogens is 5. The van der Waals surface area contributed by atoms with Gasteiger partial charge in [-0.1, -0.05) is 5.21 Å². The molecule has 13 heavy (non-hydrogen) atoms. The van der Waals surface area contributed by atoms with Crippen LogP contribution in [-0.2, 0) is 0 Å². The van der Waals surface area contributed by atoms with Crippen molar-refractivity contribution in [3.05, 3.63) is 22.2 Å². The highest BCUT2D eigenvalue weighted by atomic mass is 16.4. The van der Waals surface area contributed by atoms with Gasteiger partial charge in [-0.15, -0.1) is 5.10 Å². The molecule has 8 nitrogen and oxygen atoms in total. The molecule has 0 unspecified atom stereocenters. The molecule has 0 aliphatic rings. The highest BCUT2D eigenvalue weighted by Crippen LogP contribution is 2.02. The van der Waals surface area contributed by atoms with Crippen molar-refractivity contribution in [1.29, 1.82) is 0 Å². The number of carboxylic acids is 1. The Morgan fingerprint density at radius 2 is 2.38 bits per heavy atom. The predicted octanol–water partition coefficient (Wildman–Crippen LogP) is -1.49. The van der Waals surface area contributed by atoms with Gasteiger partial charge in [-0.25, -0.2) is 14.7 Å². The normalized spacial score (nSPS) is 10.5. The predicted molar refractivity (Wildman–Crippen MR) is 38.4 cm³/mol. The Balaban J connectivity index is 2.91. The SMILES string of the molecule is O=C(O)c1cnn2c(=O)[nH]nnc12. The van der Waals surface area contributed by atoms with E-state index in [4.69, 9.17) is 5.11 Å². The van der Waals surface area contributed by atoms with Crippen molar-refractivity contribution in [2.24, 2.45) is 0 Å². The number of hydrogen-bond acceptors (Lipinski definition) is 5. The fourth-order valence-corrected chi connectivity index (χ4v) is 0.900. The molecule has 0 bridgehead atoms. The van der Waals surface area contributed by atoms with Crippen LogP contribution in [0.2, 0.25) is 0 Å². The molecule has 0 aromatic carbocycles. The Hall–Kier alpha value is -2.25. The van der Waals surface area contributed by atoms with Crippen LogP contribution in [0.15, 0.2) is 11.0 Å². The van der Waals surface area contributed by atoms with E-state index in [9.17, 15) is 9.59 Å². The molecule has 0 fully saturated rings. The number of carbonyl (C=O) groups is 1. The number of rotatable bonds is 1. The quantitative estimate of drug-likeness (QED) is 0.554. The summed E-state index contributed by atoms with van der Waals surface area (Å²) in [4.78, 5) is 21.5. The zero-order valence-electron chi connectivity index (χ0n) is 6.13. The van der Waals surface area contributed by atoms with Crippen molar-refractivity contribution in [2.45, 2.75) is 0 Å². The van der Waals surface area contributed by atoms with Crippen LogP contribution in [0, 0.1) is 0 Å². The Morgan fingerprint density at radius 3 is 3.08 bits per heavy atom. The lowest BCUT2D eigenvalue weighted by atomic mass is 10.3. The van der Waals surface area contributed by atoms with E-state index in [0.717, 1.165) is 10.7 Å². The molecule has 8 heteroatoms. The first kappa shape index (κ1) is 7.40. The minimum atomic E-state index is -1.20. The van der Waals surface area contributed by atoms with Crippen LogP contribution in [-0.4, -0.2) is 36.1 Å². The van der Waals surface area contributed by atoms with E-state index >= 15 is 0 Å². The number of fused-ring (bicyclic) bond motifs is 1. The summed E-state index contributed by atoms with van der Waals surface area (Å²) in [6, 6.07) is 0. The van der Waals surface area contributed by atoms with E-state index in [1.165, 1.54) is 0 Å². The molecule has 2 aromatic heterocycles. The maximum absolute atomic E-state index is 11.0. The zero-order chi connectivity index (χ0) is 9.42. The van der Waals surface area contributed by atoms with Gasteiger partial charge < -0.3 is 5.11 Å². The van der Waals surface area contributed by atoms with Gasteiger partial charge in [-0.05, 0) is 0 Å². The molecule has 2 N–H and O–H groups in total. The minimum absolute atomic E-state index is 0.0729. The molecule has 2 aromatic rings. The summed E-state index contributed by atoms with van der Waals surface area (Å²) in [5.41, 5.74) is -0.854. The number of H-pyrrole nitrogens is 1. The van der Waals surface area contributed by atoms with E-state index < -0.39 is 11.7 Å². The molecule has 0 aliphatic carbocycles. The third kappa shape index (κ3) is 0.956. The molecule has 66 valence electrons. The van der Waals surface area contributed by atoms with Gasteiger partial charge in [0.25, 0.3) is 0 Å². The van der Waals surface area contributed by atoms with Crippen LogP contribution < -0.4 is 5.69 Å². The van der Waals surface area contributed by atoms with Gasteiger partial charge in [-0.2, -0.15) is 9.61 Å². The maximum atomic E-state index is 11.0. The fraction of sp³-hybridized carbons (Fsp3) is 0. The number of aromatic carboxylic acids is 1. The third-order valence-corrected chi connectivity index (χ3v) is 1.46. The summed E-state index contributed by atoms with van der Waals surface area (Å²) < 4.78 is 0.830. The summed E-state index contributed by atoms with van der Waals surface area (Å²) in [5.74, 6) is -1.20. The summed E-state index contributed by atoms with van der Waals surface area (Å²) in [6.07, 6.45) is 1.04. The average molecular weight is 181 g/mol. The highest BCUT2D eigenvalue weighted by Gasteiger charge is 2.13. The van der Waals surface area contributed by atoms with Gasteiger partial charge in [-0.3, -0.25) is 0 Å². The molecule has 0 atom stereocenters. The summed E-state index contributed by atoms with van der Waals surface area (Å²) in [5, 5.41) is 20.8. The first-order valence-electron chi connectivity index (χ1n) is 3.22. The summed E-state index contributed by atoms with van der Waals surface area (Å²) in [7, 11) is 0. The highest BCUT2D eigenvalue weighted by molar-refractivity contribution is 5.93. The molecule has 0 saturated carbocycles. The van der Waals surface area contributed by atoms with Crippen LogP contribution in [0.4, 0.5) is 0 Å². The molecular weight excluding hydrogens is 178 g/mol. The molecule has 0 amide bonds. The first-order valence-corrected chi connectivity index (χ1v) is 3.22. The second-order valence-corrected chi connectivity index (χ2v) is 2.22. The molecular formula is C5H3N5O3. The van der Waals surface area contributed by atoms with E-state index in [2.05, 4.69) is 15.4 Å². The van der Waals surface area contributed by atoms with Gasteiger partial charge in [0.1, 0.15) is 5.56 Å². The summed E-state index contributed by atoms with van der Waals surface area (Å²) >= 11 is 0. The van der Waals surface area contributed by atoms with Crippen LogP contribution in [0.3, 0.4) is 0 Å². The topological polar surface area (TPSA) is 113 Å². The van der Waals surface area contributed by atoms with Gasteiger partial charge in [0.2, 0.25) is 0 Å². The van der Waals surface area contributed by atoms with Gasteiger partial charge in [0.05, 0.1) is 6.20 Å². The van der Waals surface area contributed by atoms with Crippen molar-refractivity contribution >= 4 is 11.6 Å². The smallest absolute Gasteiger partial charge is 0.365 e. The average Bonchev–Trinajstić information content (AvgIpc) is 2.48. The number of aromatic amines is 1. The number of nitrogens with zero attached hydrogens (tertiary/aromatic N) is 4. The Bertz CT molecular complexity index is 526. The molecule has 0 aliphatic heterocycles. The second kappa shape index (κ2) is 2.37. The van der Waals surface area contributed by atoms with Gasteiger partial charge in [0.15, 0.2) is 5.65 Å². The van der Waals surface area contributed by atoms with E-state index in [0.29, 0.717) is 0 Å². The van der Waals surface area contributed by atoms with Crippen molar-refractivity contribution in [2.75, 3.05) is 0 Å². The lowest BCUT2D eigenvalue weighted by molar-refractivity contribution is 0.0698.